The number of likely N-dealkylation sites (tertiary alicyclic amines) is 1. The number of rotatable bonds is 6. The van der Waals surface area contributed by atoms with Crippen molar-refractivity contribution in [2.75, 3.05) is 26.2 Å². The van der Waals surface area contributed by atoms with E-state index in [2.05, 4.69) is 11.8 Å². The Kier molecular flexibility index (Phi) is 7.95. The molecule has 1 aromatic carbocycles. The van der Waals surface area contributed by atoms with Gasteiger partial charge in [-0.2, -0.15) is 0 Å². The Balaban J connectivity index is 0.00000264. The summed E-state index contributed by atoms with van der Waals surface area (Å²) in [5.74, 6) is -0.967. The Morgan fingerprint density at radius 3 is 2.39 bits per heavy atom. The minimum Gasteiger partial charge on any atom is -0.480 e. The number of halogens is 2. The molecule has 1 N–H and O–H groups in total. The van der Waals surface area contributed by atoms with E-state index in [-0.39, 0.29) is 30.8 Å². The van der Waals surface area contributed by atoms with Crippen molar-refractivity contribution in [1.29, 1.82) is 0 Å². The number of benzene rings is 1. The van der Waals surface area contributed by atoms with Crippen LogP contribution < -0.4 is 0 Å². The van der Waals surface area contributed by atoms with Crippen LogP contribution in [0.15, 0.2) is 24.3 Å². The van der Waals surface area contributed by atoms with Crippen LogP contribution in [-0.4, -0.2) is 53.1 Å². The van der Waals surface area contributed by atoms with Crippen LogP contribution in [0.5, 0.6) is 0 Å². The molecule has 0 amide bonds. The maximum Gasteiger partial charge on any atom is 0.317 e. The molecule has 1 aliphatic rings. The first kappa shape index (κ1) is 19.9. The highest BCUT2D eigenvalue weighted by atomic mass is 35.5. The normalized spacial score (nSPS) is 17.7. The summed E-state index contributed by atoms with van der Waals surface area (Å²) in [6, 6.07) is 7.30. The lowest BCUT2D eigenvalue weighted by atomic mass is 9.99. The van der Waals surface area contributed by atoms with Gasteiger partial charge in [0.05, 0.1) is 6.54 Å². The summed E-state index contributed by atoms with van der Waals surface area (Å²) in [7, 11) is 0. The predicted octanol–water partition coefficient (Wildman–Crippen LogP) is 3.18. The average Bonchev–Trinajstić information content (AvgIpc) is 2.52. The number of hydrogen-bond acceptors (Lipinski definition) is 3. The minimum atomic E-state index is -0.760. The molecule has 1 heterocycles. The Bertz CT molecular complexity index is 490. The number of carboxylic acid groups (broad SMARTS) is 1. The third-order valence-corrected chi connectivity index (χ3v) is 4.66. The van der Waals surface area contributed by atoms with Crippen LogP contribution in [0.25, 0.3) is 0 Å². The predicted molar refractivity (Wildman–Crippen MR) is 91.5 cm³/mol. The molecule has 1 saturated heterocycles. The molecule has 1 aliphatic heterocycles. The van der Waals surface area contributed by atoms with E-state index < -0.39 is 5.97 Å². The molecule has 6 heteroatoms. The van der Waals surface area contributed by atoms with Crippen molar-refractivity contribution < 1.29 is 14.3 Å². The zero-order valence-electron chi connectivity index (χ0n) is 13.7. The summed E-state index contributed by atoms with van der Waals surface area (Å²) in [5, 5.41) is 8.97. The van der Waals surface area contributed by atoms with Gasteiger partial charge >= 0.3 is 5.97 Å². The highest BCUT2D eigenvalue weighted by Crippen LogP contribution is 2.26. The van der Waals surface area contributed by atoms with Crippen molar-refractivity contribution in [2.24, 2.45) is 0 Å². The third-order valence-electron chi connectivity index (χ3n) is 4.66. The number of aliphatic carboxylic acids is 1. The van der Waals surface area contributed by atoms with Gasteiger partial charge in [-0.25, -0.2) is 4.39 Å². The Labute approximate surface area is 143 Å². The maximum atomic E-state index is 13.0. The van der Waals surface area contributed by atoms with Crippen LogP contribution in [-0.2, 0) is 4.79 Å². The molecule has 1 fully saturated rings. The van der Waals surface area contributed by atoms with Gasteiger partial charge in [0.2, 0.25) is 0 Å². The van der Waals surface area contributed by atoms with Crippen LogP contribution in [0, 0.1) is 5.82 Å². The van der Waals surface area contributed by atoms with Crippen molar-refractivity contribution in [3.63, 3.8) is 0 Å². The van der Waals surface area contributed by atoms with Gasteiger partial charge in [0.1, 0.15) is 5.82 Å². The molecular formula is C17H26ClFN2O2. The summed E-state index contributed by atoms with van der Waals surface area (Å²) in [4.78, 5) is 15.3. The molecule has 1 aromatic rings. The third kappa shape index (κ3) is 5.44. The van der Waals surface area contributed by atoms with Crippen molar-refractivity contribution in [3.8, 4) is 0 Å². The lowest BCUT2D eigenvalue weighted by molar-refractivity contribution is -0.139. The smallest absolute Gasteiger partial charge is 0.317 e. The SMILES string of the molecule is CCN(CC(=O)O)C1CCN(C(C)c2ccc(F)cc2)CC1.Cl. The standard InChI is InChI=1S/C17H25FN2O2.ClH/c1-3-19(12-17(21)22)16-8-10-20(11-9-16)13(2)14-4-6-15(18)7-5-14;/h4-7,13,16H,3,8-12H2,1-2H3,(H,21,22);1H. The first-order chi connectivity index (χ1) is 10.5. The fourth-order valence-corrected chi connectivity index (χ4v) is 3.26. The van der Waals surface area contributed by atoms with Crippen LogP contribution in [0.4, 0.5) is 4.39 Å². The van der Waals surface area contributed by atoms with Crippen LogP contribution >= 0.6 is 12.4 Å². The Morgan fingerprint density at radius 2 is 1.91 bits per heavy atom. The molecule has 4 nitrogen and oxygen atoms in total. The summed E-state index contributed by atoms with van der Waals surface area (Å²) in [6.45, 7) is 6.93. The summed E-state index contributed by atoms with van der Waals surface area (Å²) >= 11 is 0. The molecule has 0 saturated carbocycles. The molecular weight excluding hydrogens is 319 g/mol. The zero-order valence-corrected chi connectivity index (χ0v) is 14.6. The van der Waals surface area contributed by atoms with Crippen molar-refractivity contribution in [1.82, 2.24) is 9.80 Å². The number of nitrogens with zero attached hydrogens (tertiary/aromatic N) is 2. The number of carboxylic acids is 1. The van der Waals surface area contributed by atoms with E-state index in [0.717, 1.165) is 38.0 Å². The van der Waals surface area contributed by atoms with Crippen molar-refractivity contribution in [3.05, 3.63) is 35.6 Å². The van der Waals surface area contributed by atoms with Gasteiger partial charge in [-0.05, 0) is 44.0 Å². The quantitative estimate of drug-likeness (QED) is 0.860. The topological polar surface area (TPSA) is 43.8 Å². The molecule has 0 radical (unpaired) electrons. The highest BCUT2D eigenvalue weighted by molar-refractivity contribution is 5.85. The van der Waals surface area contributed by atoms with E-state index >= 15 is 0 Å². The second-order valence-electron chi connectivity index (χ2n) is 5.95. The van der Waals surface area contributed by atoms with Crippen LogP contribution in [0.3, 0.4) is 0 Å². The molecule has 0 aromatic heterocycles. The monoisotopic (exact) mass is 344 g/mol. The molecule has 23 heavy (non-hydrogen) atoms. The van der Waals surface area contributed by atoms with Gasteiger partial charge in [-0.1, -0.05) is 19.1 Å². The van der Waals surface area contributed by atoms with Gasteiger partial charge in [-0.3, -0.25) is 14.6 Å². The maximum absolute atomic E-state index is 13.0. The van der Waals surface area contributed by atoms with Crippen LogP contribution in [0.1, 0.15) is 38.3 Å². The highest BCUT2D eigenvalue weighted by Gasteiger charge is 2.27. The van der Waals surface area contributed by atoms with E-state index in [1.165, 1.54) is 12.1 Å². The first-order valence-corrected chi connectivity index (χ1v) is 7.96. The van der Waals surface area contributed by atoms with E-state index in [0.29, 0.717) is 6.04 Å². The summed E-state index contributed by atoms with van der Waals surface area (Å²) in [5.41, 5.74) is 1.12. The fourth-order valence-electron chi connectivity index (χ4n) is 3.26. The molecule has 0 bridgehead atoms. The molecule has 1 unspecified atom stereocenters. The van der Waals surface area contributed by atoms with Gasteiger partial charge in [0, 0.05) is 25.2 Å². The van der Waals surface area contributed by atoms with Gasteiger partial charge in [-0.15, -0.1) is 12.4 Å². The van der Waals surface area contributed by atoms with Gasteiger partial charge in [0.15, 0.2) is 0 Å². The lowest BCUT2D eigenvalue weighted by Gasteiger charge is -2.40. The first-order valence-electron chi connectivity index (χ1n) is 7.96. The van der Waals surface area contributed by atoms with Gasteiger partial charge in [0.25, 0.3) is 0 Å². The van der Waals surface area contributed by atoms with Crippen molar-refractivity contribution >= 4 is 18.4 Å². The molecule has 2 rings (SSSR count). The summed E-state index contributed by atoms with van der Waals surface area (Å²) < 4.78 is 13.0. The summed E-state index contributed by atoms with van der Waals surface area (Å²) in [6.07, 6.45) is 1.96. The Hall–Kier alpha value is -1.17. The zero-order chi connectivity index (χ0) is 16.1. The van der Waals surface area contributed by atoms with E-state index in [9.17, 15) is 9.18 Å². The minimum absolute atomic E-state index is 0. The Morgan fingerprint density at radius 1 is 1.35 bits per heavy atom. The molecule has 0 spiro atoms. The molecule has 130 valence electrons. The van der Waals surface area contributed by atoms with E-state index in [1.54, 1.807) is 0 Å². The second-order valence-corrected chi connectivity index (χ2v) is 5.95. The van der Waals surface area contributed by atoms with Gasteiger partial charge < -0.3 is 5.11 Å². The van der Waals surface area contributed by atoms with Crippen molar-refractivity contribution in [2.45, 2.75) is 38.8 Å². The fraction of sp³-hybridized carbons (Fsp3) is 0.588. The van der Waals surface area contributed by atoms with Crippen LogP contribution in [0.2, 0.25) is 0 Å². The number of carbonyl (C=O) groups is 1. The number of likely N-dealkylation sites (N-methyl/N-ethyl adjacent to an activating group) is 1. The lowest BCUT2D eigenvalue weighted by Crippen LogP contribution is -2.47. The molecule has 1 atom stereocenters. The molecule has 0 aliphatic carbocycles. The number of piperidine rings is 1. The average molecular weight is 345 g/mol. The van der Waals surface area contributed by atoms with E-state index in [4.69, 9.17) is 5.11 Å². The van der Waals surface area contributed by atoms with E-state index in [1.807, 2.05) is 24.0 Å². The second kappa shape index (κ2) is 9.21. The number of hydrogen-bond donors (Lipinski definition) is 1. The largest absolute Gasteiger partial charge is 0.480 e.